The zero-order valence-corrected chi connectivity index (χ0v) is 11.4. The summed E-state index contributed by atoms with van der Waals surface area (Å²) in [6.07, 6.45) is 3.66. The monoisotopic (exact) mass is 266 g/mol. The summed E-state index contributed by atoms with van der Waals surface area (Å²) >= 11 is 5.97. The molecule has 3 atom stereocenters. The molecule has 0 aliphatic heterocycles. The fourth-order valence-corrected chi connectivity index (χ4v) is 3.23. The number of carbonyl (C=O) groups is 1. The summed E-state index contributed by atoms with van der Waals surface area (Å²) in [4.78, 5) is 11.3. The SMILES string of the molecule is CC1CCC(C(=O)O)C(Cc2cccc(Cl)c2)C1. The first kappa shape index (κ1) is 13.4. The van der Waals surface area contributed by atoms with Crippen LogP contribution in [0.5, 0.6) is 0 Å². The van der Waals surface area contributed by atoms with Crippen LogP contribution in [-0.4, -0.2) is 11.1 Å². The van der Waals surface area contributed by atoms with Gasteiger partial charge in [-0.2, -0.15) is 0 Å². The molecule has 3 unspecified atom stereocenters. The van der Waals surface area contributed by atoms with E-state index in [0.717, 1.165) is 36.3 Å². The molecule has 1 saturated carbocycles. The van der Waals surface area contributed by atoms with E-state index in [1.54, 1.807) is 0 Å². The van der Waals surface area contributed by atoms with Crippen LogP contribution in [0.15, 0.2) is 24.3 Å². The van der Waals surface area contributed by atoms with E-state index in [-0.39, 0.29) is 11.8 Å². The Balaban J connectivity index is 2.11. The summed E-state index contributed by atoms with van der Waals surface area (Å²) in [7, 11) is 0. The highest BCUT2D eigenvalue weighted by Gasteiger charge is 2.33. The smallest absolute Gasteiger partial charge is 0.306 e. The fraction of sp³-hybridized carbons (Fsp3) is 0.533. The van der Waals surface area contributed by atoms with Crippen molar-refractivity contribution in [2.75, 3.05) is 0 Å². The standard InChI is InChI=1S/C15H19ClO2/c1-10-5-6-14(15(17)18)12(7-10)8-11-3-2-4-13(16)9-11/h2-4,9-10,12,14H,5-8H2,1H3,(H,17,18). The van der Waals surface area contributed by atoms with Crippen molar-refractivity contribution in [1.29, 1.82) is 0 Å². The Labute approximate surface area is 113 Å². The largest absolute Gasteiger partial charge is 0.481 e. The molecule has 0 amide bonds. The number of hydrogen-bond acceptors (Lipinski definition) is 1. The van der Waals surface area contributed by atoms with Crippen LogP contribution in [0.1, 0.15) is 31.7 Å². The molecule has 1 aliphatic carbocycles. The van der Waals surface area contributed by atoms with Gasteiger partial charge < -0.3 is 5.11 Å². The molecule has 1 fully saturated rings. The molecule has 1 aliphatic rings. The van der Waals surface area contributed by atoms with Gasteiger partial charge in [0, 0.05) is 5.02 Å². The van der Waals surface area contributed by atoms with Gasteiger partial charge in [0.2, 0.25) is 0 Å². The number of aliphatic carboxylic acids is 1. The van der Waals surface area contributed by atoms with Crippen LogP contribution in [0.2, 0.25) is 5.02 Å². The highest BCUT2D eigenvalue weighted by atomic mass is 35.5. The molecule has 1 aromatic rings. The number of carboxylic acid groups (broad SMARTS) is 1. The minimum absolute atomic E-state index is 0.194. The number of halogens is 1. The zero-order chi connectivity index (χ0) is 13.1. The predicted molar refractivity (Wildman–Crippen MR) is 72.8 cm³/mol. The van der Waals surface area contributed by atoms with Crippen molar-refractivity contribution in [2.45, 2.75) is 32.6 Å². The summed E-state index contributed by atoms with van der Waals surface area (Å²) in [5.74, 6) is 0.0311. The van der Waals surface area contributed by atoms with Gasteiger partial charge in [-0.05, 0) is 55.2 Å². The van der Waals surface area contributed by atoms with Crippen molar-refractivity contribution in [3.8, 4) is 0 Å². The van der Waals surface area contributed by atoms with E-state index in [2.05, 4.69) is 6.92 Å². The van der Waals surface area contributed by atoms with Crippen molar-refractivity contribution in [3.63, 3.8) is 0 Å². The molecule has 0 heterocycles. The van der Waals surface area contributed by atoms with E-state index in [4.69, 9.17) is 11.6 Å². The van der Waals surface area contributed by atoms with Crippen LogP contribution in [0.3, 0.4) is 0 Å². The first-order valence-electron chi connectivity index (χ1n) is 6.53. The van der Waals surface area contributed by atoms with E-state index in [1.165, 1.54) is 0 Å². The lowest BCUT2D eigenvalue weighted by molar-refractivity contribution is -0.145. The molecule has 0 saturated heterocycles. The lowest BCUT2D eigenvalue weighted by Gasteiger charge is -2.32. The van der Waals surface area contributed by atoms with Gasteiger partial charge in [0.25, 0.3) is 0 Å². The molecule has 2 rings (SSSR count). The number of benzene rings is 1. The van der Waals surface area contributed by atoms with E-state index in [9.17, 15) is 9.90 Å². The Hall–Kier alpha value is -1.02. The third-order valence-corrected chi connectivity index (χ3v) is 4.18. The highest BCUT2D eigenvalue weighted by molar-refractivity contribution is 6.30. The third-order valence-electron chi connectivity index (χ3n) is 3.95. The summed E-state index contributed by atoms with van der Waals surface area (Å²) in [5, 5.41) is 10.0. The van der Waals surface area contributed by atoms with Gasteiger partial charge in [0.1, 0.15) is 0 Å². The Morgan fingerprint density at radius 2 is 2.22 bits per heavy atom. The number of hydrogen-bond donors (Lipinski definition) is 1. The average Bonchev–Trinajstić information content (AvgIpc) is 2.28. The Bertz CT molecular complexity index is 430. The summed E-state index contributed by atoms with van der Waals surface area (Å²) in [5.41, 5.74) is 1.15. The Kier molecular flexibility index (Phi) is 4.28. The van der Waals surface area contributed by atoms with Gasteiger partial charge >= 0.3 is 5.97 Å². The molecule has 2 nitrogen and oxygen atoms in total. The minimum Gasteiger partial charge on any atom is -0.481 e. The Morgan fingerprint density at radius 3 is 2.89 bits per heavy atom. The fourth-order valence-electron chi connectivity index (χ4n) is 3.02. The van der Waals surface area contributed by atoms with Crippen molar-refractivity contribution >= 4 is 17.6 Å². The lowest BCUT2D eigenvalue weighted by Crippen LogP contribution is -2.31. The minimum atomic E-state index is -0.645. The molecule has 0 spiro atoms. The maximum atomic E-state index is 11.3. The predicted octanol–water partition coefficient (Wildman–Crippen LogP) is 4.02. The first-order valence-corrected chi connectivity index (χ1v) is 6.91. The number of carboxylic acids is 1. The van der Waals surface area contributed by atoms with Crippen molar-refractivity contribution in [2.24, 2.45) is 17.8 Å². The lowest BCUT2D eigenvalue weighted by atomic mass is 9.72. The van der Waals surface area contributed by atoms with Crippen LogP contribution in [0, 0.1) is 17.8 Å². The quantitative estimate of drug-likeness (QED) is 0.897. The Morgan fingerprint density at radius 1 is 1.44 bits per heavy atom. The van der Waals surface area contributed by atoms with Gasteiger partial charge in [0.05, 0.1) is 5.92 Å². The number of rotatable bonds is 3. The molecular weight excluding hydrogens is 248 g/mol. The van der Waals surface area contributed by atoms with Crippen molar-refractivity contribution in [3.05, 3.63) is 34.9 Å². The second-order valence-corrected chi connectivity index (χ2v) is 5.89. The van der Waals surface area contributed by atoms with Gasteiger partial charge in [0.15, 0.2) is 0 Å². The molecule has 3 heteroatoms. The second-order valence-electron chi connectivity index (χ2n) is 5.46. The van der Waals surface area contributed by atoms with Crippen LogP contribution in [0.25, 0.3) is 0 Å². The van der Waals surface area contributed by atoms with Crippen LogP contribution >= 0.6 is 11.6 Å². The molecule has 0 radical (unpaired) electrons. The highest BCUT2D eigenvalue weighted by Crippen LogP contribution is 2.36. The van der Waals surface area contributed by atoms with Gasteiger partial charge in [-0.3, -0.25) is 4.79 Å². The maximum Gasteiger partial charge on any atom is 0.306 e. The third kappa shape index (κ3) is 3.26. The molecule has 1 aromatic carbocycles. The molecule has 98 valence electrons. The topological polar surface area (TPSA) is 37.3 Å². The molecule has 18 heavy (non-hydrogen) atoms. The normalized spacial score (nSPS) is 28.0. The summed E-state index contributed by atoms with van der Waals surface area (Å²) < 4.78 is 0. The maximum absolute atomic E-state index is 11.3. The summed E-state index contributed by atoms with van der Waals surface area (Å²) in [6.45, 7) is 2.21. The van der Waals surface area contributed by atoms with Crippen LogP contribution < -0.4 is 0 Å². The van der Waals surface area contributed by atoms with Gasteiger partial charge in [-0.1, -0.05) is 30.7 Å². The molecular formula is C15H19ClO2. The summed E-state index contributed by atoms with van der Waals surface area (Å²) in [6, 6.07) is 7.76. The second kappa shape index (κ2) is 5.75. The van der Waals surface area contributed by atoms with E-state index < -0.39 is 5.97 Å². The van der Waals surface area contributed by atoms with Crippen molar-refractivity contribution in [1.82, 2.24) is 0 Å². The molecule has 1 N–H and O–H groups in total. The van der Waals surface area contributed by atoms with E-state index >= 15 is 0 Å². The van der Waals surface area contributed by atoms with Crippen LogP contribution in [-0.2, 0) is 11.2 Å². The molecule has 0 bridgehead atoms. The average molecular weight is 267 g/mol. The molecule has 0 aromatic heterocycles. The zero-order valence-electron chi connectivity index (χ0n) is 10.6. The van der Waals surface area contributed by atoms with Gasteiger partial charge in [-0.15, -0.1) is 0 Å². The van der Waals surface area contributed by atoms with Crippen LogP contribution in [0.4, 0.5) is 0 Å². The van der Waals surface area contributed by atoms with E-state index in [1.807, 2.05) is 24.3 Å². The van der Waals surface area contributed by atoms with Crippen molar-refractivity contribution < 1.29 is 9.90 Å². The van der Waals surface area contributed by atoms with E-state index in [0.29, 0.717) is 5.92 Å². The first-order chi connectivity index (χ1) is 8.56. The van der Waals surface area contributed by atoms with Gasteiger partial charge in [-0.25, -0.2) is 0 Å².